The van der Waals surface area contributed by atoms with Gasteiger partial charge in [-0.05, 0) is 65.6 Å². The standard InChI is InChI=1S/C18H21BrN2O2S/c1-23-15-6-4-5-13(9-15)16(21-7-2-3-8-21)11-20-18(22)14-10-17(19)24-12-14/h4-6,9-10,12,16H,2-3,7-8,11H2,1H3,(H,20,22)/t16-/m0/s1. The number of hydrogen-bond donors (Lipinski definition) is 1. The molecule has 0 aliphatic carbocycles. The Hall–Kier alpha value is -1.37. The number of amides is 1. The molecule has 1 aliphatic rings. The van der Waals surface area contributed by atoms with Gasteiger partial charge in [-0.2, -0.15) is 0 Å². The van der Waals surface area contributed by atoms with Crippen LogP contribution in [0.1, 0.15) is 34.8 Å². The summed E-state index contributed by atoms with van der Waals surface area (Å²) in [5.41, 5.74) is 1.89. The maximum atomic E-state index is 12.4. The third-order valence-electron chi connectivity index (χ3n) is 4.35. The number of ether oxygens (including phenoxy) is 1. The predicted octanol–water partition coefficient (Wildman–Crippen LogP) is 4.09. The Bertz CT molecular complexity index is 698. The number of carbonyl (C=O) groups is 1. The molecule has 0 unspecified atom stereocenters. The molecule has 6 heteroatoms. The van der Waals surface area contributed by atoms with Crippen LogP contribution in [0.4, 0.5) is 0 Å². The Balaban J connectivity index is 1.73. The van der Waals surface area contributed by atoms with Crippen LogP contribution in [-0.2, 0) is 0 Å². The van der Waals surface area contributed by atoms with Crippen LogP contribution < -0.4 is 10.1 Å². The first kappa shape index (κ1) is 17.5. The molecule has 1 atom stereocenters. The average molecular weight is 409 g/mol. The quantitative estimate of drug-likeness (QED) is 0.782. The van der Waals surface area contributed by atoms with Gasteiger partial charge in [-0.1, -0.05) is 12.1 Å². The number of halogens is 1. The van der Waals surface area contributed by atoms with E-state index in [1.165, 1.54) is 29.7 Å². The van der Waals surface area contributed by atoms with Crippen molar-refractivity contribution in [3.8, 4) is 5.75 Å². The van der Waals surface area contributed by atoms with Gasteiger partial charge in [0.25, 0.3) is 5.91 Å². The zero-order valence-corrected chi connectivity index (χ0v) is 16.0. The van der Waals surface area contributed by atoms with Crippen LogP contribution in [0.25, 0.3) is 0 Å². The number of thiophene rings is 1. The molecule has 3 rings (SSSR count). The number of carbonyl (C=O) groups excluding carboxylic acids is 1. The van der Waals surface area contributed by atoms with Crippen LogP contribution in [0.2, 0.25) is 0 Å². The summed E-state index contributed by atoms with van der Waals surface area (Å²) in [5.74, 6) is 0.828. The van der Waals surface area contributed by atoms with Crippen molar-refractivity contribution in [2.45, 2.75) is 18.9 Å². The van der Waals surface area contributed by atoms with Crippen LogP contribution in [0.3, 0.4) is 0 Å². The molecule has 1 amide bonds. The van der Waals surface area contributed by atoms with Crippen molar-refractivity contribution in [1.29, 1.82) is 0 Å². The third-order valence-corrected chi connectivity index (χ3v) is 5.85. The lowest BCUT2D eigenvalue weighted by atomic mass is 10.0. The molecular formula is C18H21BrN2O2S. The van der Waals surface area contributed by atoms with Crippen molar-refractivity contribution in [1.82, 2.24) is 10.2 Å². The van der Waals surface area contributed by atoms with E-state index in [2.05, 4.69) is 38.3 Å². The molecule has 0 bridgehead atoms. The molecule has 2 heterocycles. The number of rotatable bonds is 6. The maximum absolute atomic E-state index is 12.4. The zero-order valence-electron chi connectivity index (χ0n) is 13.6. The summed E-state index contributed by atoms with van der Waals surface area (Å²) in [6, 6.07) is 10.2. The fourth-order valence-electron chi connectivity index (χ4n) is 3.08. The second-order valence-electron chi connectivity index (χ2n) is 5.89. The van der Waals surface area contributed by atoms with Crippen LogP contribution >= 0.6 is 27.3 Å². The first-order chi connectivity index (χ1) is 11.7. The molecule has 1 aromatic heterocycles. The van der Waals surface area contributed by atoms with E-state index in [9.17, 15) is 4.79 Å². The molecule has 1 fully saturated rings. The minimum atomic E-state index is -0.0240. The summed E-state index contributed by atoms with van der Waals surface area (Å²) in [6.07, 6.45) is 2.43. The Morgan fingerprint density at radius 2 is 2.17 bits per heavy atom. The summed E-state index contributed by atoms with van der Waals surface area (Å²) in [6.45, 7) is 2.74. The summed E-state index contributed by atoms with van der Waals surface area (Å²) in [4.78, 5) is 14.8. The van der Waals surface area contributed by atoms with Gasteiger partial charge in [0.15, 0.2) is 0 Å². The lowest BCUT2D eigenvalue weighted by Crippen LogP contribution is -2.36. The largest absolute Gasteiger partial charge is 0.497 e. The maximum Gasteiger partial charge on any atom is 0.252 e. The van der Waals surface area contributed by atoms with Crippen molar-refractivity contribution in [2.24, 2.45) is 0 Å². The molecule has 1 saturated heterocycles. The highest BCUT2D eigenvalue weighted by atomic mass is 79.9. The SMILES string of the molecule is COc1cccc([C@H](CNC(=O)c2csc(Br)c2)N2CCCC2)c1. The first-order valence-electron chi connectivity index (χ1n) is 8.07. The van der Waals surface area contributed by atoms with Gasteiger partial charge < -0.3 is 10.1 Å². The van der Waals surface area contributed by atoms with Gasteiger partial charge in [-0.3, -0.25) is 9.69 Å². The number of benzene rings is 1. The molecule has 2 aromatic rings. The van der Waals surface area contributed by atoms with Gasteiger partial charge in [-0.15, -0.1) is 11.3 Å². The summed E-state index contributed by atoms with van der Waals surface area (Å²) >= 11 is 4.93. The molecule has 0 radical (unpaired) electrons. The van der Waals surface area contributed by atoms with E-state index >= 15 is 0 Å². The van der Waals surface area contributed by atoms with Gasteiger partial charge in [0.2, 0.25) is 0 Å². The van der Waals surface area contributed by atoms with E-state index in [0.29, 0.717) is 12.1 Å². The van der Waals surface area contributed by atoms with Gasteiger partial charge in [-0.25, -0.2) is 0 Å². The highest BCUT2D eigenvalue weighted by Crippen LogP contribution is 2.27. The topological polar surface area (TPSA) is 41.6 Å². The second-order valence-corrected chi connectivity index (χ2v) is 8.18. The molecule has 24 heavy (non-hydrogen) atoms. The van der Waals surface area contributed by atoms with Crippen molar-refractivity contribution in [3.05, 3.63) is 50.6 Å². The van der Waals surface area contributed by atoms with Crippen LogP contribution in [0.15, 0.2) is 39.5 Å². The molecular weight excluding hydrogens is 388 g/mol. The molecule has 0 spiro atoms. The number of hydrogen-bond acceptors (Lipinski definition) is 4. The predicted molar refractivity (Wildman–Crippen MR) is 101 cm³/mol. The van der Waals surface area contributed by atoms with E-state index in [4.69, 9.17) is 4.74 Å². The van der Waals surface area contributed by atoms with Crippen LogP contribution in [0, 0.1) is 0 Å². The van der Waals surface area contributed by atoms with E-state index in [1.807, 2.05) is 23.6 Å². The minimum absolute atomic E-state index is 0.0240. The molecule has 128 valence electrons. The van der Waals surface area contributed by atoms with E-state index in [1.54, 1.807) is 7.11 Å². The highest BCUT2D eigenvalue weighted by molar-refractivity contribution is 9.11. The van der Waals surface area contributed by atoms with Gasteiger partial charge in [0, 0.05) is 11.9 Å². The van der Waals surface area contributed by atoms with Crippen molar-refractivity contribution < 1.29 is 9.53 Å². The highest BCUT2D eigenvalue weighted by Gasteiger charge is 2.24. The summed E-state index contributed by atoms with van der Waals surface area (Å²) in [7, 11) is 1.68. The van der Waals surface area contributed by atoms with E-state index in [0.717, 1.165) is 22.6 Å². The van der Waals surface area contributed by atoms with Crippen molar-refractivity contribution in [3.63, 3.8) is 0 Å². The normalized spacial score (nSPS) is 16.1. The number of likely N-dealkylation sites (tertiary alicyclic amines) is 1. The number of nitrogens with one attached hydrogen (secondary N) is 1. The van der Waals surface area contributed by atoms with Crippen molar-refractivity contribution >= 4 is 33.2 Å². The second kappa shape index (κ2) is 8.14. The minimum Gasteiger partial charge on any atom is -0.497 e. The van der Waals surface area contributed by atoms with Gasteiger partial charge in [0.05, 0.1) is 22.5 Å². The van der Waals surface area contributed by atoms with Gasteiger partial charge in [0.1, 0.15) is 5.75 Å². The van der Waals surface area contributed by atoms with Crippen molar-refractivity contribution in [2.75, 3.05) is 26.7 Å². The zero-order chi connectivity index (χ0) is 16.9. The Morgan fingerprint density at radius 3 is 2.83 bits per heavy atom. The molecule has 1 aliphatic heterocycles. The number of nitrogens with zero attached hydrogens (tertiary/aromatic N) is 1. The average Bonchev–Trinajstić information content (AvgIpc) is 3.27. The Morgan fingerprint density at radius 1 is 1.38 bits per heavy atom. The third kappa shape index (κ3) is 4.18. The fourth-order valence-corrected chi connectivity index (χ4v) is 4.22. The Kier molecular flexibility index (Phi) is 5.92. The van der Waals surface area contributed by atoms with E-state index in [-0.39, 0.29) is 11.9 Å². The van der Waals surface area contributed by atoms with Gasteiger partial charge >= 0.3 is 0 Å². The van der Waals surface area contributed by atoms with E-state index < -0.39 is 0 Å². The summed E-state index contributed by atoms with van der Waals surface area (Å²) in [5, 5.41) is 4.96. The molecule has 0 saturated carbocycles. The fraction of sp³-hybridized carbons (Fsp3) is 0.389. The molecule has 1 N–H and O–H groups in total. The first-order valence-corrected chi connectivity index (χ1v) is 9.75. The summed E-state index contributed by atoms with van der Waals surface area (Å²) < 4.78 is 6.32. The smallest absolute Gasteiger partial charge is 0.252 e. The lowest BCUT2D eigenvalue weighted by Gasteiger charge is -2.28. The lowest BCUT2D eigenvalue weighted by molar-refractivity contribution is 0.0938. The number of methoxy groups -OCH3 is 1. The molecule has 1 aromatic carbocycles. The van der Waals surface area contributed by atoms with Crippen LogP contribution in [-0.4, -0.2) is 37.6 Å². The van der Waals surface area contributed by atoms with Crippen LogP contribution in [0.5, 0.6) is 5.75 Å². The monoisotopic (exact) mass is 408 g/mol. The molecule has 4 nitrogen and oxygen atoms in total. The Labute approximate surface area is 154 Å².